The number of methoxy groups -OCH3 is 2. The number of fused-ring (bicyclic) bond motifs is 1. The van der Waals surface area contributed by atoms with Crippen molar-refractivity contribution in [3.05, 3.63) is 71.9 Å². The molecule has 0 fully saturated rings. The number of nitrogens with one attached hydrogen (secondary N) is 1. The third-order valence-electron chi connectivity index (χ3n) is 5.37. The van der Waals surface area contributed by atoms with Crippen molar-refractivity contribution in [3.8, 4) is 11.5 Å². The van der Waals surface area contributed by atoms with Gasteiger partial charge in [-0.1, -0.05) is 12.1 Å². The number of carbonyl (C=O) groups is 2. The number of benzene rings is 2. The highest BCUT2D eigenvalue weighted by molar-refractivity contribution is 5.91. The van der Waals surface area contributed by atoms with E-state index in [0.29, 0.717) is 23.7 Å². The van der Waals surface area contributed by atoms with E-state index >= 15 is 0 Å². The third-order valence-corrected chi connectivity index (χ3v) is 5.37. The van der Waals surface area contributed by atoms with Gasteiger partial charge in [-0.05, 0) is 47.0 Å². The molecule has 4 rings (SSSR count). The lowest BCUT2D eigenvalue weighted by atomic mass is 10.0. The maximum Gasteiger partial charge on any atom is 0.230 e. The monoisotopic (exact) mass is 447 g/mol. The van der Waals surface area contributed by atoms with Crippen molar-refractivity contribution in [2.45, 2.75) is 19.4 Å². The minimum atomic E-state index is -0.162. The zero-order valence-electron chi connectivity index (χ0n) is 18.5. The number of amides is 2. The van der Waals surface area contributed by atoms with Gasteiger partial charge in [-0.2, -0.15) is 5.10 Å². The molecule has 1 aliphatic rings. The van der Waals surface area contributed by atoms with Gasteiger partial charge in [0.1, 0.15) is 12.7 Å². The highest BCUT2D eigenvalue weighted by Crippen LogP contribution is 2.32. The second kappa shape index (κ2) is 9.99. The van der Waals surface area contributed by atoms with Crippen LogP contribution in [0.5, 0.6) is 11.5 Å². The van der Waals surface area contributed by atoms with E-state index < -0.39 is 0 Å². The van der Waals surface area contributed by atoms with Crippen LogP contribution in [0.3, 0.4) is 0 Å². The molecule has 1 N–H and O–H groups in total. The Bertz CT molecular complexity index is 1160. The number of aromatic nitrogens is 3. The fourth-order valence-electron chi connectivity index (χ4n) is 3.60. The van der Waals surface area contributed by atoms with E-state index in [1.54, 1.807) is 36.3 Å². The molecular weight excluding hydrogens is 422 g/mol. The highest BCUT2D eigenvalue weighted by atomic mass is 16.5. The minimum absolute atomic E-state index is 0.0810. The lowest BCUT2D eigenvalue weighted by Crippen LogP contribution is -2.29. The SMILES string of the molecule is COc1cc2c(cc1OC)CC(=O)N(CCC(=O)Nc1ccc(Cn3cncn3)cc1)C=C2. The Balaban J connectivity index is 1.33. The van der Waals surface area contributed by atoms with E-state index in [-0.39, 0.29) is 31.2 Å². The summed E-state index contributed by atoms with van der Waals surface area (Å²) in [6, 6.07) is 11.2. The van der Waals surface area contributed by atoms with Gasteiger partial charge in [0.2, 0.25) is 11.8 Å². The van der Waals surface area contributed by atoms with Gasteiger partial charge in [0, 0.05) is 24.9 Å². The smallest absolute Gasteiger partial charge is 0.230 e. The Kier molecular flexibility index (Phi) is 6.68. The summed E-state index contributed by atoms with van der Waals surface area (Å²) in [6.07, 6.45) is 7.11. The molecule has 0 saturated carbocycles. The van der Waals surface area contributed by atoms with Crippen LogP contribution < -0.4 is 14.8 Å². The molecule has 0 bridgehead atoms. The normalized spacial score (nSPS) is 12.8. The van der Waals surface area contributed by atoms with Crippen LogP contribution in [-0.2, 0) is 22.6 Å². The van der Waals surface area contributed by atoms with Crippen molar-refractivity contribution in [2.24, 2.45) is 0 Å². The molecule has 1 aromatic heterocycles. The highest BCUT2D eigenvalue weighted by Gasteiger charge is 2.20. The van der Waals surface area contributed by atoms with Crippen LogP contribution in [0.4, 0.5) is 5.69 Å². The molecule has 2 amide bonds. The number of nitrogens with zero attached hydrogens (tertiary/aromatic N) is 4. The molecule has 0 spiro atoms. The Morgan fingerprint density at radius 3 is 2.58 bits per heavy atom. The zero-order chi connectivity index (χ0) is 23.2. The second-order valence-corrected chi connectivity index (χ2v) is 7.57. The molecule has 9 heteroatoms. The van der Waals surface area contributed by atoms with Crippen LogP contribution in [-0.4, -0.2) is 52.2 Å². The number of rotatable bonds is 8. The van der Waals surface area contributed by atoms with E-state index in [0.717, 1.165) is 16.7 Å². The van der Waals surface area contributed by atoms with E-state index in [2.05, 4.69) is 15.4 Å². The largest absolute Gasteiger partial charge is 0.493 e. The first kappa shape index (κ1) is 22.1. The molecule has 170 valence electrons. The van der Waals surface area contributed by atoms with Crippen molar-refractivity contribution in [3.63, 3.8) is 0 Å². The number of hydrogen-bond acceptors (Lipinski definition) is 6. The first-order valence-electron chi connectivity index (χ1n) is 10.5. The van der Waals surface area contributed by atoms with E-state index in [4.69, 9.17) is 9.47 Å². The van der Waals surface area contributed by atoms with Crippen molar-refractivity contribution >= 4 is 23.6 Å². The lowest BCUT2D eigenvalue weighted by molar-refractivity contribution is -0.128. The summed E-state index contributed by atoms with van der Waals surface area (Å²) >= 11 is 0. The summed E-state index contributed by atoms with van der Waals surface area (Å²) in [6.45, 7) is 0.894. The topological polar surface area (TPSA) is 98.6 Å². The number of anilines is 1. The summed E-state index contributed by atoms with van der Waals surface area (Å²) < 4.78 is 12.4. The molecule has 0 aliphatic carbocycles. The summed E-state index contributed by atoms with van der Waals surface area (Å²) in [4.78, 5) is 30.7. The molecule has 2 heterocycles. The Morgan fingerprint density at radius 1 is 1.12 bits per heavy atom. The van der Waals surface area contributed by atoms with Crippen molar-refractivity contribution in [2.75, 3.05) is 26.1 Å². The van der Waals surface area contributed by atoms with Crippen LogP contribution in [0, 0.1) is 0 Å². The molecule has 1 aliphatic heterocycles. The first-order chi connectivity index (χ1) is 16.1. The number of carbonyl (C=O) groups excluding carboxylic acids is 2. The first-order valence-corrected chi connectivity index (χ1v) is 10.5. The van der Waals surface area contributed by atoms with Gasteiger partial charge < -0.3 is 19.7 Å². The number of hydrogen-bond donors (Lipinski definition) is 1. The van der Waals surface area contributed by atoms with Gasteiger partial charge in [-0.25, -0.2) is 9.67 Å². The number of ether oxygens (including phenoxy) is 2. The molecule has 0 radical (unpaired) electrons. The molecule has 3 aromatic rings. The van der Waals surface area contributed by atoms with Crippen molar-refractivity contribution < 1.29 is 19.1 Å². The quantitative estimate of drug-likeness (QED) is 0.570. The van der Waals surface area contributed by atoms with Gasteiger partial charge in [-0.3, -0.25) is 9.59 Å². The zero-order valence-corrected chi connectivity index (χ0v) is 18.5. The van der Waals surface area contributed by atoms with Gasteiger partial charge in [0.25, 0.3) is 0 Å². The minimum Gasteiger partial charge on any atom is -0.493 e. The second-order valence-electron chi connectivity index (χ2n) is 7.57. The summed E-state index contributed by atoms with van der Waals surface area (Å²) in [5, 5.41) is 6.96. The fourth-order valence-corrected chi connectivity index (χ4v) is 3.60. The van der Waals surface area contributed by atoms with E-state index in [1.165, 1.54) is 6.33 Å². The van der Waals surface area contributed by atoms with Crippen LogP contribution in [0.1, 0.15) is 23.1 Å². The predicted octanol–water partition coefficient (Wildman–Crippen LogP) is 2.73. The maximum atomic E-state index is 12.7. The van der Waals surface area contributed by atoms with Gasteiger partial charge >= 0.3 is 0 Å². The maximum absolute atomic E-state index is 12.7. The van der Waals surface area contributed by atoms with Crippen LogP contribution in [0.2, 0.25) is 0 Å². The van der Waals surface area contributed by atoms with Crippen molar-refractivity contribution in [1.82, 2.24) is 19.7 Å². The Morgan fingerprint density at radius 2 is 1.88 bits per heavy atom. The van der Waals surface area contributed by atoms with Gasteiger partial charge in [0.05, 0.1) is 27.2 Å². The molecule has 0 saturated heterocycles. The molecular formula is C24H25N5O4. The lowest BCUT2D eigenvalue weighted by Gasteiger charge is -2.17. The fraction of sp³-hybridized carbons (Fsp3) is 0.250. The average Bonchev–Trinajstić information content (AvgIpc) is 3.28. The molecule has 9 nitrogen and oxygen atoms in total. The predicted molar refractivity (Wildman–Crippen MR) is 123 cm³/mol. The summed E-state index contributed by atoms with van der Waals surface area (Å²) in [5.74, 6) is 0.943. The molecule has 0 atom stereocenters. The van der Waals surface area contributed by atoms with Crippen LogP contribution in [0.25, 0.3) is 6.08 Å². The van der Waals surface area contributed by atoms with Gasteiger partial charge in [0.15, 0.2) is 11.5 Å². The van der Waals surface area contributed by atoms with Crippen LogP contribution in [0.15, 0.2) is 55.3 Å². The van der Waals surface area contributed by atoms with Crippen molar-refractivity contribution in [1.29, 1.82) is 0 Å². The Hall–Kier alpha value is -4.14. The molecule has 2 aromatic carbocycles. The molecule has 0 unspecified atom stereocenters. The third kappa shape index (κ3) is 5.38. The van der Waals surface area contributed by atoms with E-state index in [9.17, 15) is 9.59 Å². The van der Waals surface area contributed by atoms with Gasteiger partial charge in [-0.15, -0.1) is 0 Å². The van der Waals surface area contributed by atoms with Crippen LogP contribution >= 0.6 is 0 Å². The average molecular weight is 447 g/mol. The summed E-state index contributed by atoms with van der Waals surface area (Å²) in [5.41, 5.74) is 3.49. The van der Waals surface area contributed by atoms with E-state index in [1.807, 2.05) is 42.5 Å². The standard InChI is InChI=1S/C24H25N5O4/c1-32-21-11-18-7-9-28(24(31)13-19(18)12-22(21)33-2)10-8-23(30)27-20-5-3-17(4-6-20)14-29-16-25-15-26-29/h3-7,9,11-12,15-16H,8,10,13-14H2,1-2H3,(H,27,30). The molecule has 33 heavy (non-hydrogen) atoms. The summed E-state index contributed by atoms with van der Waals surface area (Å²) in [7, 11) is 3.14. The Labute approximate surface area is 191 Å².